The van der Waals surface area contributed by atoms with Gasteiger partial charge in [0.1, 0.15) is 0 Å². The molecule has 0 aliphatic heterocycles. The van der Waals surface area contributed by atoms with Gasteiger partial charge in [-0.25, -0.2) is 0 Å². The molecule has 20 heavy (non-hydrogen) atoms. The van der Waals surface area contributed by atoms with Crippen molar-refractivity contribution in [2.75, 3.05) is 6.61 Å². The molecule has 1 aromatic heterocycles. The number of aromatic nitrogens is 1. The Morgan fingerprint density at radius 1 is 1.30 bits per heavy atom. The van der Waals surface area contributed by atoms with Crippen LogP contribution in [0.5, 0.6) is 5.88 Å². The zero-order chi connectivity index (χ0) is 14.7. The maximum atomic E-state index is 11.4. The normalized spacial score (nSPS) is 12.2. The number of fused-ring (bicyclic) bond motifs is 1. The van der Waals surface area contributed by atoms with Gasteiger partial charge in [-0.3, -0.25) is 9.59 Å². The van der Waals surface area contributed by atoms with Crippen molar-refractivity contribution in [3.05, 3.63) is 29.8 Å². The molecule has 2 aromatic rings. The van der Waals surface area contributed by atoms with Crippen LogP contribution in [0.3, 0.4) is 0 Å². The molecule has 0 spiro atoms. The van der Waals surface area contributed by atoms with Crippen LogP contribution in [0, 0.1) is 0 Å². The number of para-hydroxylation sites is 1. The number of benzene rings is 1. The predicted molar refractivity (Wildman–Crippen MR) is 72.1 cm³/mol. The third-order valence-corrected chi connectivity index (χ3v) is 3.02. The van der Waals surface area contributed by atoms with Crippen LogP contribution in [-0.4, -0.2) is 33.7 Å². The fraction of sp³-hybridized carbons (Fsp3) is 0.286. The lowest BCUT2D eigenvalue weighted by Crippen LogP contribution is -2.16. The highest BCUT2D eigenvalue weighted by molar-refractivity contribution is 5.93. The van der Waals surface area contributed by atoms with Crippen LogP contribution in [0.1, 0.15) is 24.8 Å². The fourth-order valence-corrected chi connectivity index (χ4v) is 2.23. The van der Waals surface area contributed by atoms with Crippen LogP contribution in [0.2, 0.25) is 0 Å². The fourth-order valence-electron chi connectivity index (χ4n) is 2.23. The molecule has 0 fully saturated rings. The number of ether oxygens (including phenoxy) is 1. The van der Waals surface area contributed by atoms with E-state index in [0.29, 0.717) is 23.4 Å². The van der Waals surface area contributed by atoms with E-state index in [1.165, 1.54) is 0 Å². The molecular formula is C14H15NO5. The van der Waals surface area contributed by atoms with Crippen LogP contribution < -0.4 is 4.74 Å². The zero-order valence-electron chi connectivity index (χ0n) is 10.9. The SMILES string of the molecule is CCOc1[nH]c2ccccc2c1C(CC(=O)O)C(=O)O. The molecule has 1 heterocycles. The number of aliphatic carboxylic acids is 2. The van der Waals surface area contributed by atoms with E-state index in [2.05, 4.69) is 4.98 Å². The first-order valence-electron chi connectivity index (χ1n) is 6.22. The average Bonchev–Trinajstić information content (AvgIpc) is 2.74. The second-order valence-electron chi connectivity index (χ2n) is 4.34. The highest BCUT2D eigenvalue weighted by Gasteiger charge is 2.29. The summed E-state index contributed by atoms with van der Waals surface area (Å²) in [5.41, 5.74) is 1.11. The van der Waals surface area contributed by atoms with Crippen LogP contribution in [0.25, 0.3) is 10.9 Å². The monoisotopic (exact) mass is 277 g/mol. The zero-order valence-corrected chi connectivity index (χ0v) is 10.9. The molecule has 0 aliphatic carbocycles. The Labute approximate surface area is 115 Å². The van der Waals surface area contributed by atoms with Gasteiger partial charge in [0.25, 0.3) is 0 Å². The van der Waals surface area contributed by atoms with Crippen molar-refractivity contribution in [3.63, 3.8) is 0 Å². The van der Waals surface area contributed by atoms with Crippen LogP contribution >= 0.6 is 0 Å². The highest BCUT2D eigenvalue weighted by Crippen LogP contribution is 2.36. The van der Waals surface area contributed by atoms with Gasteiger partial charge < -0.3 is 19.9 Å². The van der Waals surface area contributed by atoms with E-state index in [1.54, 1.807) is 25.1 Å². The number of carboxylic acid groups (broad SMARTS) is 2. The van der Waals surface area contributed by atoms with Crippen LogP contribution in [0.15, 0.2) is 24.3 Å². The summed E-state index contributed by atoms with van der Waals surface area (Å²) in [5.74, 6) is -3.17. The van der Waals surface area contributed by atoms with E-state index >= 15 is 0 Å². The number of carboxylic acids is 2. The number of rotatable bonds is 6. The molecule has 0 aliphatic rings. The Morgan fingerprint density at radius 3 is 2.60 bits per heavy atom. The van der Waals surface area contributed by atoms with E-state index in [1.807, 2.05) is 6.07 Å². The lowest BCUT2D eigenvalue weighted by atomic mass is 9.95. The molecule has 1 atom stereocenters. The van der Waals surface area contributed by atoms with E-state index in [9.17, 15) is 14.7 Å². The minimum absolute atomic E-state index is 0.322. The molecule has 2 rings (SSSR count). The predicted octanol–water partition coefficient (Wildman–Crippen LogP) is 2.21. The molecule has 0 bridgehead atoms. The summed E-state index contributed by atoms with van der Waals surface area (Å²) in [6.07, 6.45) is -0.489. The summed E-state index contributed by atoms with van der Waals surface area (Å²) in [7, 11) is 0. The molecule has 6 nitrogen and oxygen atoms in total. The smallest absolute Gasteiger partial charge is 0.311 e. The number of nitrogens with one attached hydrogen (secondary N) is 1. The maximum Gasteiger partial charge on any atom is 0.311 e. The van der Waals surface area contributed by atoms with Crippen molar-refractivity contribution < 1.29 is 24.5 Å². The van der Waals surface area contributed by atoms with Gasteiger partial charge in [0.15, 0.2) is 5.88 Å². The molecule has 1 aromatic carbocycles. The average molecular weight is 277 g/mol. The molecule has 1 unspecified atom stereocenters. The lowest BCUT2D eigenvalue weighted by molar-refractivity contribution is -0.145. The summed E-state index contributed by atoms with van der Waals surface area (Å²) >= 11 is 0. The minimum Gasteiger partial charge on any atom is -0.481 e. The maximum absolute atomic E-state index is 11.4. The Bertz CT molecular complexity index is 646. The molecule has 0 radical (unpaired) electrons. The molecule has 0 saturated heterocycles. The van der Waals surface area contributed by atoms with Gasteiger partial charge >= 0.3 is 11.9 Å². The number of hydrogen-bond donors (Lipinski definition) is 3. The van der Waals surface area contributed by atoms with Crippen molar-refractivity contribution in [2.45, 2.75) is 19.3 Å². The topological polar surface area (TPSA) is 99.6 Å². The second kappa shape index (κ2) is 5.64. The van der Waals surface area contributed by atoms with E-state index in [-0.39, 0.29) is 0 Å². The summed E-state index contributed by atoms with van der Waals surface area (Å²) in [6.45, 7) is 2.14. The number of aromatic amines is 1. The molecule has 0 amide bonds. The van der Waals surface area contributed by atoms with Gasteiger partial charge in [-0.05, 0) is 13.0 Å². The Morgan fingerprint density at radius 2 is 2.00 bits per heavy atom. The summed E-state index contributed by atoms with van der Waals surface area (Å²) in [6, 6.07) is 7.13. The highest BCUT2D eigenvalue weighted by atomic mass is 16.5. The van der Waals surface area contributed by atoms with Crippen LogP contribution in [-0.2, 0) is 9.59 Å². The van der Waals surface area contributed by atoms with Crippen molar-refractivity contribution in [3.8, 4) is 5.88 Å². The minimum atomic E-state index is -1.18. The first-order valence-corrected chi connectivity index (χ1v) is 6.22. The van der Waals surface area contributed by atoms with Crippen molar-refractivity contribution in [2.24, 2.45) is 0 Å². The van der Waals surface area contributed by atoms with E-state index in [4.69, 9.17) is 9.84 Å². The lowest BCUT2D eigenvalue weighted by Gasteiger charge is -2.12. The molecular weight excluding hydrogens is 262 g/mol. The van der Waals surface area contributed by atoms with E-state index in [0.717, 1.165) is 5.52 Å². The van der Waals surface area contributed by atoms with Crippen molar-refractivity contribution in [1.29, 1.82) is 0 Å². The Hall–Kier alpha value is -2.50. The third-order valence-electron chi connectivity index (χ3n) is 3.02. The number of hydrogen-bond acceptors (Lipinski definition) is 3. The summed E-state index contributed by atoms with van der Waals surface area (Å²) < 4.78 is 5.42. The largest absolute Gasteiger partial charge is 0.481 e. The quantitative estimate of drug-likeness (QED) is 0.751. The standard InChI is InChI=1S/C14H15NO5/c1-2-20-13-12(9(14(18)19)7-11(16)17)8-5-3-4-6-10(8)15-13/h3-6,9,15H,2,7H2,1H3,(H,16,17)(H,18,19). The molecule has 0 saturated carbocycles. The second-order valence-corrected chi connectivity index (χ2v) is 4.34. The van der Waals surface area contributed by atoms with Gasteiger partial charge in [0, 0.05) is 16.5 Å². The Balaban J connectivity index is 2.61. The van der Waals surface area contributed by atoms with Crippen molar-refractivity contribution in [1.82, 2.24) is 4.98 Å². The number of H-pyrrole nitrogens is 1. The summed E-state index contributed by atoms with van der Waals surface area (Å²) in [5, 5.41) is 18.9. The first-order chi connectivity index (χ1) is 9.54. The van der Waals surface area contributed by atoms with Gasteiger partial charge in [-0.2, -0.15) is 0 Å². The van der Waals surface area contributed by atoms with Gasteiger partial charge in [0.05, 0.1) is 18.9 Å². The van der Waals surface area contributed by atoms with Crippen molar-refractivity contribution >= 4 is 22.8 Å². The summed E-state index contributed by atoms with van der Waals surface area (Å²) in [4.78, 5) is 25.3. The van der Waals surface area contributed by atoms with Gasteiger partial charge in [-0.1, -0.05) is 18.2 Å². The molecule has 106 valence electrons. The third kappa shape index (κ3) is 2.59. The van der Waals surface area contributed by atoms with Gasteiger partial charge in [0.2, 0.25) is 0 Å². The van der Waals surface area contributed by atoms with Gasteiger partial charge in [-0.15, -0.1) is 0 Å². The number of carbonyl (C=O) groups is 2. The molecule has 3 N–H and O–H groups in total. The van der Waals surface area contributed by atoms with Crippen LogP contribution in [0.4, 0.5) is 0 Å². The Kier molecular flexibility index (Phi) is 3.93. The molecule has 6 heteroatoms. The van der Waals surface area contributed by atoms with E-state index < -0.39 is 24.3 Å². The first kappa shape index (κ1) is 13.9.